The van der Waals surface area contributed by atoms with Crippen LogP contribution in [0.3, 0.4) is 0 Å². The number of nitrogens with zero attached hydrogens (tertiary/aromatic N) is 2. The highest BCUT2D eigenvalue weighted by atomic mass is 35.5. The zero-order chi connectivity index (χ0) is 14.9. The van der Waals surface area contributed by atoms with Crippen LogP contribution in [-0.4, -0.2) is 50.8 Å². The molecule has 1 aliphatic rings. The maximum atomic E-state index is 12.7. The Hall–Kier alpha value is -0.140. The first-order chi connectivity index (χ1) is 9.37. The van der Waals surface area contributed by atoms with Crippen LogP contribution in [0.4, 0.5) is 0 Å². The summed E-state index contributed by atoms with van der Waals surface area (Å²) in [5, 5.41) is 1.86. The lowest BCUT2D eigenvalue weighted by atomic mass is 10.2. The minimum Gasteiger partial charge on any atom is -0.302 e. The minimum absolute atomic E-state index is 0.240. The second kappa shape index (κ2) is 6.32. The van der Waals surface area contributed by atoms with Crippen molar-refractivity contribution in [1.82, 2.24) is 9.21 Å². The Balaban J connectivity index is 2.23. The highest BCUT2D eigenvalue weighted by Crippen LogP contribution is 2.30. The van der Waals surface area contributed by atoms with E-state index in [-0.39, 0.29) is 5.88 Å². The number of aryl methyl sites for hydroxylation is 1. The van der Waals surface area contributed by atoms with Gasteiger partial charge in [-0.05, 0) is 44.3 Å². The molecule has 0 aliphatic carbocycles. The van der Waals surface area contributed by atoms with E-state index in [4.69, 9.17) is 11.6 Å². The predicted octanol–water partition coefficient (Wildman–Crippen LogP) is 2.51. The summed E-state index contributed by atoms with van der Waals surface area (Å²) in [5.41, 5.74) is 0.789. The largest absolute Gasteiger partial charge is 0.302 e. The number of rotatable bonds is 5. The van der Waals surface area contributed by atoms with Crippen LogP contribution in [0, 0.1) is 6.92 Å². The molecule has 20 heavy (non-hydrogen) atoms. The van der Waals surface area contributed by atoms with E-state index in [2.05, 4.69) is 11.9 Å². The van der Waals surface area contributed by atoms with Gasteiger partial charge in [-0.15, -0.1) is 22.9 Å². The van der Waals surface area contributed by atoms with Gasteiger partial charge in [0.05, 0.1) is 5.88 Å². The maximum absolute atomic E-state index is 12.7. The van der Waals surface area contributed by atoms with Gasteiger partial charge in [0.15, 0.2) is 0 Å². The van der Waals surface area contributed by atoms with Crippen molar-refractivity contribution >= 4 is 33.0 Å². The summed E-state index contributed by atoms with van der Waals surface area (Å²) in [5.74, 6) is 0.240. The summed E-state index contributed by atoms with van der Waals surface area (Å²) in [4.78, 5) is 3.37. The average molecular weight is 337 g/mol. The van der Waals surface area contributed by atoms with Gasteiger partial charge in [0.2, 0.25) is 10.0 Å². The molecule has 1 aromatic heterocycles. The zero-order valence-electron chi connectivity index (χ0n) is 12.1. The molecular weight excluding hydrogens is 316 g/mol. The van der Waals surface area contributed by atoms with Gasteiger partial charge in [0, 0.05) is 24.5 Å². The minimum atomic E-state index is -3.45. The van der Waals surface area contributed by atoms with Crippen LogP contribution in [0.15, 0.2) is 10.3 Å². The Kier molecular flexibility index (Phi) is 5.13. The molecule has 1 saturated heterocycles. The number of alkyl halides is 1. The summed E-state index contributed by atoms with van der Waals surface area (Å²) >= 11 is 7.28. The van der Waals surface area contributed by atoms with Crippen LogP contribution in [0.2, 0.25) is 0 Å². The molecule has 4 nitrogen and oxygen atoms in total. The van der Waals surface area contributed by atoms with Gasteiger partial charge < -0.3 is 4.90 Å². The molecule has 7 heteroatoms. The van der Waals surface area contributed by atoms with Crippen LogP contribution < -0.4 is 0 Å². The SMILES string of the molecule is Cc1csc(CCl)c1S(=O)(=O)N(C)CC1CCCN1C. The second-order valence-electron chi connectivity index (χ2n) is 5.37. The molecule has 2 heterocycles. The number of likely N-dealkylation sites (N-methyl/N-ethyl adjacent to an activating group) is 2. The third-order valence-electron chi connectivity index (χ3n) is 3.92. The van der Waals surface area contributed by atoms with Crippen LogP contribution in [0.25, 0.3) is 0 Å². The molecule has 0 N–H and O–H groups in total. The number of sulfonamides is 1. The summed E-state index contributed by atoms with van der Waals surface area (Å²) in [6.07, 6.45) is 2.20. The van der Waals surface area contributed by atoms with Gasteiger partial charge in [-0.25, -0.2) is 8.42 Å². The molecule has 1 fully saturated rings. The molecule has 0 radical (unpaired) electrons. The van der Waals surface area contributed by atoms with Crippen molar-refractivity contribution in [3.8, 4) is 0 Å². The van der Waals surface area contributed by atoms with Gasteiger partial charge in [-0.1, -0.05) is 0 Å². The Morgan fingerprint density at radius 3 is 2.80 bits per heavy atom. The molecule has 0 amide bonds. The molecule has 0 saturated carbocycles. The third kappa shape index (κ3) is 3.04. The fourth-order valence-electron chi connectivity index (χ4n) is 2.69. The van der Waals surface area contributed by atoms with E-state index < -0.39 is 10.0 Å². The Bertz CT molecular complexity index is 571. The normalized spacial score (nSPS) is 20.9. The van der Waals surface area contributed by atoms with E-state index in [0.717, 1.165) is 29.8 Å². The first kappa shape index (κ1) is 16.2. The van der Waals surface area contributed by atoms with Crippen molar-refractivity contribution in [1.29, 1.82) is 0 Å². The van der Waals surface area contributed by atoms with E-state index in [1.165, 1.54) is 15.6 Å². The molecule has 0 spiro atoms. The molecule has 1 unspecified atom stereocenters. The number of thiophene rings is 1. The van der Waals surface area contributed by atoms with Gasteiger partial charge in [-0.2, -0.15) is 4.31 Å². The summed E-state index contributed by atoms with van der Waals surface area (Å²) in [7, 11) is 0.270. The average Bonchev–Trinajstić information content (AvgIpc) is 2.96. The Morgan fingerprint density at radius 2 is 2.25 bits per heavy atom. The monoisotopic (exact) mass is 336 g/mol. The zero-order valence-corrected chi connectivity index (χ0v) is 14.5. The molecule has 114 valence electrons. The molecule has 1 aromatic rings. The lowest BCUT2D eigenvalue weighted by molar-refractivity contribution is 0.271. The standard InChI is InChI=1S/C13H21ClN2O2S2/c1-10-9-19-12(7-14)13(10)20(17,18)16(3)8-11-5-4-6-15(11)2/h9,11H,4-8H2,1-3H3. The fourth-order valence-corrected chi connectivity index (χ4v) is 5.90. The van der Waals surface area contributed by atoms with E-state index in [1.54, 1.807) is 7.05 Å². The van der Waals surface area contributed by atoms with Crippen LogP contribution >= 0.6 is 22.9 Å². The van der Waals surface area contributed by atoms with E-state index >= 15 is 0 Å². The highest BCUT2D eigenvalue weighted by molar-refractivity contribution is 7.89. The van der Waals surface area contributed by atoms with Gasteiger partial charge in [-0.3, -0.25) is 0 Å². The van der Waals surface area contributed by atoms with Gasteiger partial charge in [0.25, 0.3) is 0 Å². The van der Waals surface area contributed by atoms with Crippen molar-refractivity contribution in [2.24, 2.45) is 0 Å². The van der Waals surface area contributed by atoms with Crippen molar-refractivity contribution < 1.29 is 8.42 Å². The van der Waals surface area contributed by atoms with Crippen molar-refractivity contribution in [3.63, 3.8) is 0 Å². The summed E-state index contributed by atoms with van der Waals surface area (Å²) < 4.78 is 27.0. The van der Waals surface area contributed by atoms with Crippen molar-refractivity contribution in [3.05, 3.63) is 15.8 Å². The van der Waals surface area contributed by atoms with Gasteiger partial charge in [0.1, 0.15) is 4.90 Å². The van der Waals surface area contributed by atoms with Gasteiger partial charge >= 0.3 is 0 Å². The van der Waals surface area contributed by atoms with Crippen LogP contribution in [0.1, 0.15) is 23.3 Å². The first-order valence-corrected chi connectivity index (χ1v) is 9.53. The Labute approximate surface area is 130 Å². The van der Waals surface area contributed by atoms with Crippen LogP contribution in [0.5, 0.6) is 0 Å². The highest BCUT2D eigenvalue weighted by Gasteiger charge is 2.31. The predicted molar refractivity (Wildman–Crippen MR) is 84.1 cm³/mol. The van der Waals surface area contributed by atoms with E-state index in [1.807, 2.05) is 12.3 Å². The first-order valence-electron chi connectivity index (χ1n) is 6.67. The number of hydrogen-bond acceptors (Lipinski definition) is 4. The van der Waals surface area contributed by atoms with Crippen molar-refractivity contribution in [2.75, 3.05) is 27.2 Å². The smallest absolute Gasteiger partial charge is 0.244 e. The van der Waals surface area contributed by atoms with E-state index in [9.17, 15) is 8.42 Å². The molecule has 1 atom stereocenters. The van der Waals surface area contributed by atoms with Crippen molar-refractivity contribution in [2.45, 2.75) is 36.6 Å². The second-order valence-corrected chi connectivity index (χ2v) is 8.58. The summed E-state index contributed by atoms with van der Waals surface area (Å²) in [6, 6.07) is 0.313. The van der Waals surface area contributed by atoms with Crippen LogP contribution in [-0.2, 0) is 15.9 Å². The fraction of sp³-hybridized carbons (Fsp3) is 0.692. The quantitative estimate of drug-likeness (QED) is 0.776. The maximum Gasteiger partial charge on any atom is 0.244 e. The summed E-state index contributed by atoms with van der Waals surface area (Å²) in [6.45, 7) is 3.41. The number of halogens is 1. The topological polar surface area (TPSA) is 40.6 Å². The molecule has 1 aliphatic heterocycles. The number of likely N-dealkylation sites (tertiary alicyclic amines) is 1. The molecule has 0 bridgehead atoms. The Morgan fingerprint density at radius 1 is 1.55 bits per heavy atom. The molecule has 2 rings (SSSR count). The molecule has 0 aromatic carbocycles. The third-order valence-corrected chi connectivity index (χ3v) is 7.63. The number of hydrogen-bond donors (Lipinski definition) is 0. The molecular formula is C13H21ClN2O2S2. The van der Waals surface area contributed by atoms with E-state index in [0.29, 0.717) is 17.5 Å². The lowest BCUT2D eigenvalue weighted by Crippen LogP contribution is -2.39. The lowest BCUT2D eigenvalue weighted by Gasteiger charge is -2.25.